The standard InChI is InChI=1S/C14H8F4O2/c1-20-13-6-11(17)9(5-12(13)18)14(19)8-3-2-7(15)4-10(8)16/h2-6H,1H3. The summed E-state index contributed by atoms with van der Waals surface area (Å²) in [6.07, 6.45) is 0. The van der Waals surface area contributed by atoms with Crippen molar-refractivity contribution in [3.63, 3.8) is 0 Å². The van der Waals surface area contributed by atoms with Gasteiger partial charge in [0.2, 0.25) is 0 Å². The van der Waals surface area contributed by atoms with Crippen molar-refractivity contribution in [2.45, 2.75) is 0 Å². The summed E-state index contributed by atoms with van der Waals surface area (Å²) in [5.74, 6) is -5.50. The third-order valence-electron chi connectivity index (χ3n) is 2.66. The van der Waals surface area contributed by atoms with Gasteiger partial charge in [0.25, 0.3) is 0 Å². The monoisotopic (exact) mass is 284 g/mol. The molecule has 2 aromatic carbocycles. The minimum atomic E-state index is -1.15. The summed E-state index contributed by atoms with van der Waals surface area (Å²) in [4.78, 5) is 11.9. The van der Waals surface area contributed by atoms with E-state index in [9.17, 15) is 22.4 Å². The van der Waals surface area contributed by atoms with Gasteiger partial charge < -0.3 is 4.74 Å². The Bertz CT molecular complexity index is 683. The van der Waals surface area contributed by atoms with Crippen LogP contribution in [0.2, 0.25) is 0 Å². The number of carbonyl (C=O) groups excluding carboxylic acids is 1. The molecule has 0 bridgehead atoms. The van der Waals surface area contributed by atoms with E-state index in [0.717, 1.165) is 19.2 Å². The number of methoxy groups -OCH3 is 1. The van der Waals surface area contributed by atoms with E-state index in [1.54, 1.807) is 0 Å². The Morgan fingerprint density at radius 2 is 1.55 bits per heavy atom. The van der Waals surface area contributed by atoms with Crippen LogP contribution >= 0.6 is 0 Å². The Hall–Kier alpha value is -2.37. The number of ether oxygens (including phenoxy) is 1. The van der Waals surface area contributed by atoms with Gasteiger partial charge in [-0.15, -0.1) is 0 Å². The molecule has 2 nitrogen and oxygen atoms in total. The maximum atomic E-state index is 13.7. The van der Waals surface area contributed by atoms with Crippen molar-refractivity contribution in [3.8, 4) is 5.75 Å². The normalized spacial score (nSPS) is 10.4. The molecule has 20 heavy (non-hydrogen) atoms. The first-order chi connectivity index (χ1) is 9.43. The Morgan fingerprint density at radius 1 is 0.900 bits per heavy atom. The quantitative estimate of drug-likeness (QED) is 0.637. The van der Waals surface area contributed by atoms with Gasteiger partial charge in [0.15, 0.2) is 17.3 Å². The Kier molecular flexibility index (Phi) is 3.74. The molecule has 0 aliphatic heterocycles. The fraction of sp³-hybridized carbons (Fsp3) is 0.0714. The van der Waals surface area contributed by atoms with Gasteiger partial charge in [-0.1, -0.05) is 0 Å². The first-order valence-electron chi connectivity index (χ1n) is 5.47. The van der Waals surface area contributed by atoms with Gasteiger partial charge >= 0.3 is 0 Å². The van der Waals surface area contributed by atoms with Gasteiger partial charge in [-0.05, 0) is 18.2 Å². The van der Waals surface area contributed by atoms with E-state index in [1.165, 1.54) is 0 Å². The number of hydrogen-bond acceptors (Lipinski definition) is 2. The van der Waals surface area contributed by atoms with Crippen molar-refractivity contribution in [2.75, 3.05) is 7.11 Å². The molecule has 0 spiro atoms. The predicted molar refractivity (Wildman–Crippen MR) is 62.7 cm³/mol. The Labute approximate surface area is 111 Å². The van der Waals surface area contributed by atoms with E-state index in [1.807, 2.05) is 0 Å². The van der Waals surface area contributed by atoms with E-state index >= 15 is 0 Å². The second-order valence-electron chi connectivity index (χ2n) is 3.92. The fourth-order valence-corrected chi connectivity index (χ4v) is 1.68. The van der Waals surface area contributed by atoms with E-state index in [2.05, 4.69) is 4.74 Å². The highest BCUT2D eigenvalue weighted by molar-refractivity contribution is 6.09. The van der Waals surface area contributed by atoms with Gasteiger partial charge in [0.05, 0.1) is 18.2 Å². The van der Waals surface area contributed by atoms with Crippen LogP contribution in [0.25, 0.3) is 0 Å². The number of hydrogen-bond donors (Lipinski definition) is 0. The summed E-state index contributed by atoms with van der Waals surface area (Å²) in [5.41, 5.74) is -1.20. The van der Waals surface area contributed by atoms with Crippen molar-refractivity contribution < 1.29 is 27.1 Å². The Morgan fingerprint density at radius 3 is 2.15 bits per heavy atom. The molecule has 0 aromatic heterocycles. The maximum Gasteiger partial charge on any atom is 0.199 e. The largest absolute Gasteiger partial charge is 0.494 e. The third-order valence-corrected chi connectivity index (χ3v) is 2.66. The highest BCUT2D eigenvalue weighted by Crippen LogP contribution is 2.24. The highest BCUT2D eigenvalue weighted by Gasteiger charge is 2.20. The molecule has 104 valence electrons. The van der Waals surface area contributed by atoms with Gasteiger partial charge in [0, 0.05) is 12.1 Å². The van der Waals surface area contributed by atoms with E-state index in [-0.39, 0.29) is 5.75 Å². The summed E-state index contributed by atoms with van der Waals surface area (Å²) in [7, 11) is 1.14. The minimum Gasteiger partial charge on any atom is -0.494 e. The van der Waals surface area contributed by atoms with Crippen LogP contribution in [0, 0.1) is 23.3 Å². The average Bonchev–Trinajstić information content (AvgIpc) is 2.40. The van der Waals surface area contributed by atoms with Crippen molar-refractivity contribution in [2.24, 2.45) is 0 Å². The molecule has 0 saturated carbocycles. The zero-order valence-electron chi connectivity index (χ0n) is 10.2. The lowest BCUT2D eigenvalue weighted by atomic mass is 10.0. The number of benzene rings is 2. The molecule has 0 radical (unpaired) electrons. The average molecular weight is 284 g/mol. The van der Waals surface area contributed by atoms with Crippen molar-refractivity contribution >= 4 is 5.78 Å². The molecule has 0 N–H and O–H groups in total. The number of carbonyl (C=O) groups is 1. The van der Waals surface area contributed by atoms with Crippen LogP contribution in [-0.2, 0) is 0 Å². The van der Waals surface area contributed by atoms with Gasteiger partial charge in [-0.25, -0.2) is 17.6 Å². The Balaban J connectivity index is 2.51. The summed E-state index contributed by atoms with van der Waals surface area (Å²) >= 11 is 0. The molecule has 2 rings (SSSR count). The molecule has 0 aliphatic rings. The van der Waals surface area contributed by atoms with Crippen LogP contribution in [0.5, 0.6) is 5.75 Å². The molecule has 0 aliphatic carbocycles. The molecule has 0 unspecified atom stereocenters. The van der Waals surface area contributed by atoms with Gasteiger partial charge in [0.1, 0.15) is 17.5 Å². The van der Waals surface area contributed by atoms with Crippen LogP contribution in [0.15, 0.2) is 30.3 Å². The van der Waals surface area contributed by atoms with Crippen molar-refractivity contribution in [1.82, 2.24) is 0 Å². The van der Waals surface area contributed by atoms with Crippen LogP contribution < -0.4 is 4.74 Å². The molecule has 0 amide bonds. The molecule has 0 heterocycles. The molecular formula is C14H8F4O2. The molecule has 6 heteroatoms. The first kappa shape index (κ1) is 14.0. The lowest BCUT2D eigenvalue weighted by Crippen LogP contribution is -2.08. The zero-order valence-corrected chi connectivity index (χ0v) is 10.2. The summed E-state index contributed by atoms with van der Waals surface area (Å²) in [5, 5.41) is 0. The second-order valence-corrected chi connectivity index (χ2v) is 3.92. The molecule has 0 atom stereocenters. The summed E-state index contributed by atoms with van der Waals surface area (Å²) in [6, 6.07) is 3.51. The lowest BCUT2D eigenvalue weighted by Gasteiger charge is -2.07. The van der Waals surface area contributed by atoms with Crippen LogP contribution in [0.4, 0.5) is 17.6 Å². The minimum absolute atomic E-state index is 0.376. The van der Waals surface area contributed by atoms with E-state index in [4.69, 9.17) is 0 Å². The summed E-state index contributed by atoms with van der Waals surface area (Å²) < 4.78 is 57.9. The van der Waals surface area contributed by atoms with Crippen LogP contribution in [0.3, 0.4) is 0 Å². The van der Waals surface area contributed by atoms with Gasteiger partial charge in [-0.3, -0.25) is 4.79 Å². The third kappa shape index (κ3) is 2.49. The number of ketones is 1. The molecule has 2 aromatic rings. The SMILES string of the molecule is COc1cc(F)c(C(=O)c2ccc(F)cc2F)cc1F. The zero-order chi connectivity index (χ0) is 14.9. The summed E-state index contributed by atoms with van der Waals surface area (Å²) in [6.45, 7) is 0. The lowest BCUT2D eigenvalue weighted by molar-refractivity contribution is 0.103. The van der Waals surface area contributed by atoms with E-state index in [0.29, 0.717) is 18.2 Å². The predicted octanol–water partition coefficient (Wildman–Crippen LogP) is 3.48. The second kappa shape index (κ2) is 5.32. The topological polar surface area (TPSA) is 26.3 Å². The van der Waals surface area contributed by atoms with Gasteiger partial charge in [-0.2, -0.15) is 0 Å². The molecule has 0 fully saturated rings. The van der Waals surface area contributed by atoms with Crippen molar-refractivity contribution in [1.29, 1.82) is 0 Å². The molecular weight excluding hydrogens is 276 g/mol. The van der Waals surface area contributed by atoms with Crippen molar-refractivity contribution in [3.05, 3.63) is 64.7 Å². The maximum absolute atomic E-state index is 13.7. The number of halogens is 4. The van der Waals surface area contributed by atoms with Crippen LogP contribution in [-0.4, -0.2) is 12.9 Å². The highest BCUT2D eigenvalue weighted by atomic mass is 19.1. The van der Waals surface area contributed by atoms with Crippen LogP contribution in [0.1, 0.15) is 15.9 Å². The first-order valence-corrected chi connectivity index (χ1v) is 5.47. The smallest absolute Gasteiger partial charge is 0.199 e. The number of rotatable bonds is 3. The fourth-order valence-electron chi connectivity index (χ4n) is 1.68. The molecule has 0 saturated heterocycles. The van der Waals surface area contributed by atoms with E-state index < -0.39 is 40.2 Å².